The maximum absolute atomic E-state index is 12.1. The van der Waals surface area contributed by atoms with Gasteiger partial charge < -0.3 is 5.11 Å². The fraction of sp³-hybridized carbons (Fsp3) is 0.364. The molecule has 0 saturated carbocycles. The molecule has 0 amide bonds. The first-order valence-electron chi connectivity index (χ1n) is 5.60. The molecule has 0 radical (unpaired) electrons. The predicted molar refractivity (Wildman–Crippen MR) is 80.8 cm³/mol. The van der Waals surface area contributed by atoms with Crippen LogP contribution in [0.2, 0.25) is 10.0 Å². The highest BCUT2D eigenvalue weighted by Crippen LogP contribution is 2.32. The third-order valence-corrected chi connectivity index (χ3v) is 5.18. The Hall–Kier alpha value is -0.340. The van der Waals surface area contributed by atoms with Crippen molar-refractivity contribution in [3.05, 3.63) is 26.7 Å². The molecular formula is C11H12BrCl2NO4S. The number of benzene rings is 1. The molecule has 20 heavy (non-hydrogen) atoms. The molecule has 0 aliphatic rings. The second kappa shape index (κ2) is 7.61. The lowest BCUT2D eigenvalue weighted by molar-refractivity contribution is -0.137. The minimum atomic E-state index is -3.82. The summed E-state index contributed by atoms with van der Waals surface area (Å²) in [6.45, 7) is 0.123. The van der Waals surface area contributed by atoms with Gasteiger partial charge in [-0.2, -0.15) is 0 Å². The largest absolute Gasteiger partial charge is 0.481 e. The number of hydrogen-bond acceptors (Lipinski definition) is 3. The van der Waals surface area contributed by atoms with Crippen molar-refractivity contribution in [1.29, 1.82) is 0 Å². The van der Waals surface area contributed by atoms with E-state index >= 15 is 0 Å². The molecule has 112 valence electrons. The van der Waals surface area contributed by atoms with Crippen LogP contribution in [0.15, 0.2) is 21.5 Å². The Morgan fingerprint density at radius 3 is 2.30 bits per heavy atom. The lowest BCUT2D eigenvalue weighted by atomic mass is 10.2. The predicted octanol–water partition coefficient (Wildman–Crippen LogP) is 3.29. The average molecular weight is 405 g/mol. The summed E-state index contributed by atoms with van der Waals surface area (Å²) in [7, 11) is -3.82. The molecule has 0 heterocycles. The summed E-state index contributed by atoms with van der Waals surface area (Å²) in [5.74, 6) is -0.910. The van der Waals surface area contributed by atoms with E-state index in [2.05, 4.69) is 20.7 Å². The van der Waals surface area contributed by atoms with Crippen molar-refractivity contribution in [3.8, 4) is 0 Å². The second-order valence-corrected chi connectivity index (χ2v) is 7.38. The van der Waals surface area contributed by atoms with Crippen molar-refractivity contribution >= 4 is 55.1 Å². The number of carboxylic acid groups (broad SMARTS) is 1. The monoisotopic (exact) mass is 403 g/mol. The first-order chi connectivity index (χ1) is 9.24. The van der Waals surface area contributed by atoms with Crippen LogP contribution in [-0.4, -0.2) is 26.0 Å². The van der Waals surface area contributed by atoms with Crippen LogP contribution in [0, 0.1) is 0 Å². The van der Waals surface area contributed by atoms with Crippen LogP contribution in [0.25, 0.3) is 0 Å². The van der Waals surface area contributed by atoms with Crippen molar-refractivity contribution in [2.24, 2.45) is 0 Å². The summed E-state index contributed by atoms with van der Waals surface area (Å²) in [6.07, 6.45) is 0.804. The molecule has 0 spiro atoms. The molecule has 0 saturated heterocycles. The Morgan fingerprint density at radius 2 is 1.80 bits per heavy atom. The molecule has 0 aliphatic heterocycles. The molecule has 1 aromatic carbocycles. The topological polar surface area (TPSA) is 83.5 Å². The number of hydrogen-bond donors (Lipinski definition) is 2. The smallest absolute Gasteiger partial charge is 0.303 e. The highest BCUT2D eigenvalue weighted by atomic mass is 79.9. The van der Waals surface area contributed by atoms with Crippen LogP contribution in [0.3, 0.4) is 0 Å². The van der Waals surface area contributed by atoms with Crippen molar-refractivity contribution in [2.45, 2.75) is 24.2 Å². The molecule has 0 atom stereocenters. The highest BCUT2D eigenvalue weighted by Gasteiger charge is 2.21. The van der Waals surface area contributed by atoms with Gasteiger partial charge in [-0.15, -0.1) is 0 Å². The highest BCUT2D eigenvalue weighted by molar-refractivity contribution is 9.10. The summed E-state index contributed by atoms with van der Waals surface area (Å²) >= 11 is 14.9. The summed E-state index contributed by atoms with van der Waals surface area (Å²) in [5.41, 5.74) is 0. The van der Waals surface area contributed by atoms with E-state index in [-0.39, 0.29) is 27.9 Å². The van der Waals surface area contributed by atoms with Gasteiger partial charge in [0.2, 0.25) is 10.0 Å². The number of nitrogens with one attached hydrogen (secondary N) is 1. The molecular weight excluding hydrogens is 393 g/mol. The van der Waals surface area contributed by atoms with Gasteiger partial charge in [-0.3, -0.25) is 4.79 Å². The molecule has 2 N–H and O–H groups in total. The zero-order valence-electron chi connectivity index (χ0n) is 10.2. The lowest BCUT2D eigenvalue weighted by Gasteiger charge is -2.10. The van der Waals surface area contributed by atoms with E-state index in [0.717, 1.165) is 0 Å². The molecule has 0 unspecified atom stereocenters. The third-order valence-electron chi connectivity index (χ3n) is 2.34. The molecule has 5 nitrogen and oxygen atoms in total. The van der Waals surface area contributed by atoms with E-state index < -0.39 is 16.0 Å². The first-order valence-corrected chi connectivity index (χ1v) is 8.63. The zero-order valence-corrected chi connectivity index (χ0v) is 14.1. The van der Waals surface area contributed by atoms with Crippen molar-refractivity contribution < 1.29 is 18.3 Å². The second-order valence-electron chi connectivity index (χ2n) is 3.95. The molecule has 0 fully saturated rings. The Kier molecular flexibility index (Phi) is 6.74. The van der Waals surface area contributed by atoms with E-state index in [1.54, 1.807) is 0 Å². The average Bonchev–Trinajstić information content (AvgIpc) is 2.25. The van der Waals surface area contributed by atoms with Gasteiger partial charge in [0.05, 0.1) is 10.0 Å². The van der Waals surface area contributed by atoms with E-state index in [1.165, 1.54) is 12.1 Å². The maximum atomic E-state index is 12.1. The van der Waals surface area contributed by atoms with E-state index in [0.29, 0.717) is 17.3 Å². The van der Waals surface area contributed by atoms with E-state index in [4.69, 9.17) is 28.3 Å². The number of unbranched alkanes of at least 4 members (excludes halogenated alkanes) is 1. The van der Waals surface area contributed by atoms with Crippen LogP contribution < -0.4 is 4.72 Å². The fourth-order valence-corrected chi connectivity index (χ4v) is 4.47. The Balaban J connectivity index is 2.73. The normalized spacial score (nSPS) is 11.6. The summed E-state index contributed by atoms with van der Waals surface area (Å²) in [5, 5.41) is 8.50. The Morgan fingerprint density at radius 1 is 1.25 bits per heavy atom. The SMILES string of the molecule is O=C(O)CCCCNS(=O)(=O)c1c(Cl)cc(Br)cc1Cl. The standard InChI is InChI=1S/C11H12BrCl2NO4S/c12-7-5-8(13)11(9(14)6-7)20(18,19)15-4-2-1-3-10(16)17/h5-6,15H,1-4H2,(H,16,17). The minimum absolute atomic E-state index is 0.00151. The molecule has 1 rings (SSSR count). The first kappa shape index (κ1) is 17.7. The van der Waals surface area contributed by atoms with Crippen LogP contribution in [0.4, 0.5) is 0 Å². The number of carboxylic acids is 1. The number of sulfonamides is 1. The Labute approximate surface area is 135 Å². The summed E-state index contributed by atoms with van der Waals surface area (Å²) < 4.78 is 27.1. The van der Waals surface area contributed by atoms with Gasteiger partial charge in [0.15, 0.2) is 0 Å². The fourth-order valence-electron chi connectivity index (χ4n) is 1.47. The third kappa shape index (κ3) is 5.21. The van der Waals surface area contributed by atoms with Crippen molar-refractivity contribution in [1.82, 2.24) is 4.72 Å². The number of halogens is 3. The van der Waals surface area contributed by atoms with Crippen LogP contribution in [-0.2, 0) is 14.8 Å². The van der Waals surface area contributed by atoms with Gasteiger partial charge >= 0.3 is 5.97 Å². The number of carbonyl (C=O) groups is 1. The van der Waals surface area contributed by atoms with Gasteiger partial charge in [-0.05, 0) is 25.0 Å². The van der Waals surface area contributed by atoms with E-state index in [9.17, 15) is 13.2 Å². The van der Waals surface area contributed by atoms with Gasteiger partial charge in [0, 0.05) is 17.4 Å². The summed E-state index contributed by atoms with van der Waals surface area (Å²) in [6, 6.07) is 2.87. The van der Waals surface area contributed by atoms with Crippen LogP contribution in [0.5, 0.6) is 0 Å². The van der Waals surface area contributed by atoms with Crippen LogP contribution >= 0.6 is 39.1 Å². The van der Waals surface area contributed by atoms with Crippen molar-refractivity contribution in [2.75, 3.05) is 6.54 Å². The maximum Gasteiger partial charge on any atom is 0.303 e. The van der Waals surface area contributed by atoms with Crippen molar-refractivity contribution in [3.63, 3.8) is 0 Å². The van der Waals surface area contributed by atoms with Gasteiger partial charge in [0.1, 0.15) is 4.90 Å². The van der Waals surface area contributed by atoms with Gasteiger partial charge in [0.25, 0.3) is 0 Å². The minimum Gasteiger partial charge on any atom is -0.481 e. The molecule has 0 aliphatic carbocycles. The van der Waals surface area contributed by atoms with Gasteiger partial charge in [-0.1, -0.05) is 39.1 Å². The molecule has 0 bridgehead atoms. The number of rotatable bonds is 7. The van der Waals surface area contributed by atoms with E-state index in [1.807, 2.05) is 0 Å². The number of aliphatic carboxylic acids is 1. The lowest BCUT2D eigenvalue weighted by Crippen LogP contribution is -2.25. The van der Waals surface area contributed by atoms with Crippen LogP contribution in [0.1, 0.15) is 19.3 Å². The molecule has 0 aromatic heterocycles. The quantitative estimate of drug-likeness (QED) is 0.683. The molecule has 1 aromatic rings. The zero-order chi connectivity index (χ0) is 15.3. The molecule has 9 heteroatoms. The Bertz CT molecular complexity index is 583. The van der Waals surface area contributed by atoms with Gasteiger partial charge in [-0.25, -0.2) is 13.1 Å². The summed E-state index contributed by atoms with van der Waals surface area (Å²) in [4.78, 5) is 10.1.